The van der Waals surface area contributed by atoms with E-state index < -0.39 is 0 Å². The summed E-state index contributed by atoms with van der Waals surface area (Å²) in [6.07, 6.45) is 4.86. The number of nitrogens with two attached hydrogens (primary N) is 1. The van der Waals surface area contributed by atoms with Gasteiger partial charge in [-0.1, -0.05) is 18.2 Å². The summed E-state index contributed by atoms with van der Waals surface area (Å²) in [7, 11) is 0. The fraction of sp³-hybridized carbons (Fsp3) is 0.600. The zero-order valence-electron chi connectivity index (χ0n) is 10.7. The molecule has 0 spiro atoms. The lowest BCUT2D eigenvalue weighted by atomic mass is 9.93. The van der Waals surface area contributed by atoms with Gasteiger partial charge in [-0.3, -0.25) is 0 Å². The van der Waals surface area contributed by atoms with Crippen molar-refractivity contribution in [2.24, 2.45) is 5.73 Å². The van der Waals surface area contributed by atoms with Crippen LogP contribution in [0.25, 0.3) is 0 Å². The monoisotopic (exact) mass is 247 g/mol. The van der Waals surface area contributed by atoms with Crippen molar-refractivity contribution < 1.29 is 9.47 Å². The van der Waals surface area contributed by atoms with Crippen molar-refractivity contribution in [1.82, 2.24) is 0 Å². The first-order valence-electron chi connectivity index (χ1n) is 6.92. The van der Waals surface area contributed by atoms with Gasteiger partial charge < -0.3 is 15.2 Å². The summed E-state index contributed by atoms with van der Waals surface area (Å²) in [6, 6.07) is 8.59. The van der Waals surface area contributed by atoms with Crippen LogP contribution in [0, 0.1) is 0 Å². The van der Waals surface area contributed by atoms with E-state index in [2.05, 4.69) is 12.1 Å². The highest BCUT2D eigenvalue weighted by molar-refractivity contribution is 5.39. The van der Waals surface area contributed by atoms with Gasteiger partial charge in [-0.2, -0.15) is 0 Å². The van der Waals surface area contributed by atoms with Crippen molar-refractivity contribution in [3.63, 3.8) is 0 Å². The van der Waals surface area contributed by atoms with Gasteiger partial charge in [0.1, 0.15) is 5.75 Å². The largest absolute Gasteiger partial charge is 0.493 e. The lowest BCUT2D eigenvalue weighted by Crippen LogP contribution is -2.33. The second-order valence-corrected chi connectivity index (χ2v) is 5.43. The molecular weight excluding hydrogens is 226 g/mol. The molecule has 0 saturated heterocycles. The number of benzene rings is 1. The predicted molar refractivity (Wildman–Crippen MR) is 70.9 cm³/mol. The molecule has 1 aromatic carbocycles. The van der Waals surface area contributed by atoms with E-state index >= 15 is 0 Å². The Morgan fingerprint density at radius 3 is 3.06 bits per heavy atom. The molecule has 3 rings (SSSR count). The summed E-state index contributed by atoms with van der Waals surface area (Å²) in [5.41, 5.74) is 7.27. The number of para-hydroxylation sites is 1. The smallest absolute Gasteiger partial charge is 0.123 e. The maximum absolute atomic E-state index is 6.03. The Morgan fingerprint density at radius 2 is 2.17 bits per heavy atom. The Balaban J connectivity index is 1.55. The molecule has 1 aromatic rings. The highest BCUT2D eigenvalue weighted by Crippen LogP contribution is 2.34. The zero-order valence-corrected chi connectivity index (χ0v) is 10.7. The molecule has 1 aliphatic carbocycles. The average Bonchev–Trinajstić information content (AvgIpc) is 2.80. The lowest BCUT2D eigenvalue weighted by Gasteiger charge is -2.27. The molecule has 0 bridgehead atoms. The van der Waals surface area contributed by atoms with Gasteiger partial charge >= 0.3 is 0 Å². The molecule has 0 radical (unpaired) electrons. The molecule has 3 nitrogen and oxygen atoms in total. The van der Waals surface area contributed by atoms with Gasteiger partial charge in [-0.15, -0.1) is 0 Å². The van der Waals surface area contributed by atoms with E-state index in [1.165, 1.54) is 12.0 Å². The number of hydrogen-bond donors (Lipinski definition) is 1. The summed E-state index contributed by atoms with van der Waals surface area (Å²) in [5.74, 6) is 1.41. The van der Waals surface area contributed by atoms with Crippen LogP contribution >= 0.6 is 0 Å². The normalized spacial score (nSPS) is 30.8. The van der Waals surface area contributed by atoms with Gasteiger partial charge in [0.05, 0.1) is 19.3 Å². The van der Waals surface area contributed by atoms with Crippen LogP contribution in [-0.4, -0.2) is 25.4 Å². The highest BCUT2D eigenvalue weighted by Gasteiger charge is 2.26. The molecule has 3 atom stereocenters. The Morgan fingerprint density at radius 1 is 1.28 bits per heavy atom. The third-order valence-corrected chi connectivity index (χ3v) is 4.00. The van der Waals surface area contributed by atoms with Crippen molar-refractivity contribution >= 4 is 0 Å². The second kappa shape index (κ2) is 5.29. The van der Waals surface area contributed by atoms with Crippen LogP contribution in [0.3, 0.4) is 0 Å². The Labute approximate surface area is 108 Å². The maximum atomic E-state index is 6.03. The molecule has 1 fully saturated rings. The fourth-order valence-electron chi connectivity index (χ4n) is 2.95. The summed E-state index contributed by atoms with van der Waals surface area (Å²) in [6.45, 7) is 1.51. The SMILES string of the molecule is NC1CCCC(OCC2COc3ccccc32)C1. The average molecular weight is 247 g/mol. The summed E-state index contributed by atoms with van der Waals surface area (Å²) in [4.78, 5) is 0. The topological polar surface area (TPSA) is 44.5 Å². The van der Waals surface area contributed by atoms with Crippen LogP contribution in [0.1, 0.15) is 37.2 Å². The van der Waals surface area contributed by atoms with E-state index in [9.17, 15) is 0 Å². The first-order valence-corrected chi connectivity index (χ1v) is 6.92. The van der Waals surface area contributed by atoms with Gasteiger partial charge in [-0.25, -0.2) is 0 Å². The van der Waals surface area contributed by atoms with Crippen LogP contribution in [0.5, 0.6) is 5.75 Å². The van der Waals surface area contributed by atoms with Crippen molar-refractivity contribution in [2.75, 3.05) is 13.2 Å². The van der Waals surface area contributed by atoms with E-state index in [1.807, 2.05) is 12.1 Å². The first kappa shape index (κ1) is 12.0. The van der Waals surface area contributed by atoms with Crippen molar-refractivity contribution in [3.8, 4) is 5.75 Å². The molecule has 0 aromatic heterocycles. The summed E-state index contributed by atoms with van der Waals surface area (Å²) in [5, 5.41) is 0. The number of rotatable bonds is 3. The van der Waals surface area contributed by atoms with Gasteiger partial charge in [0.2, 0.25) is 0 Å². The van der Waals surface area contributed by atoms with Gasteiger partial charge in [-0.05, 0) is 31.7 Å². The zero-order chi connectivity index (χ0) is 12.4. The number of hydrogen-bond acceptors (Lipinski definition) is 3. The van der Waals surface area contributed by atoms with E-state index in [0.717, 1.165) is 38.2 Å². The third kappa shape index (κ3) is 2.52. The summed E-state index contributed by atoms with van der Waals surface area (Å²) >= 11 is 0. The molecule has 2 aliphatic rings. The standard InChI is InChI=1S/C15H21NO2/c16-12-4-3-5-13(8-12)17-9-11-10-18-15-7-2-1-6-14(11)15/h1-2,6-7,11-13H,3-5,8-10,16H2. The molecule has 3 heteroatoms. The maximum Gasteiger partial charge on any atom is 0.123 e. The van der Waals surface area contributed by atoms with Gasteiger partial charge in [0.15, 0.2) is 0 Å². The predicted octanol–water partition coefficient (Wildman–Crippen LogP) is 2.45. The molecule has 1 aliphatic heterocycles. The second-order valence-electron chi connectivity index (χ2n) is 5.43. The molecule has 98 valence electrons. The van der Waals surface area contributed by atoms with Crippen LogP contribution in [0.2, 0.25) is 0 Å². The Bertz CT molecular complexity index is 407. The Hall–Kier alpha value is -1.06. The molecular formula is C15H21NO2. The van der Waals surface area contributed by atoms with Gasteiger partial charge in [0.25, 0.3) is 0 Å². The number of ether oxygens (including phenoxy) is 2. The van der Waals surface area contributed by atoms with Crippen molar-refractivity contribution in [3.05, 3.63) is 29.8 Å². The highest BCUT2D eigenvalue weighted by atomic mass is 16.5. The minimum Gasteiger partial charge on any atom is -0.493 e. The van der Waals surface area contributed by atoms with Crippen molar-refractivity contribution in [2.45, 2.75) is 43.7 Å². The fourth-order valence-corrected chi connectivity index (χ4v) is 2.95. The van der Waals surface area contributed by atoms with E-state index in [0.29, 0.717) is 18.1 Å². The van der Waals surface area contributed by atoms with Crippen LogP contribution < -0.4 is 10.5 Å². The van der Waals surface area contributed by atoms with Crippen LogP contribution in [-0.2, 0) is 4.74 Å². The molecule has 0 amide bonds. The molecule has 3 unspecified atom stereocenters. The van der Waals surface area contributed by atoms with Crippen molar-refractivity contribution in [1.29, 1.82) is 0 Å². The summed E-state index contributed by atoms with van der Waals surface area (Å²) < 4.78 is 11.7. The molecule has 1 heterocycles. The minimum atomic E-state index is 0.330. The minimum absolute atomic E-state index is 0.330. The van der Waals surface area contributed by atoms with E-state index in [-0.39, 0.29) is 0 Å². The lowest BCUT2D eigenvalue weighted by molar-refractivity contribution is 0.0132. The van der Waals surface area contributed by atoms with Crippen LogP contribution in [0.15, 0.2) is 24.3 Å². The number of fused-ring (bicyclic) bond motifs is 1. The van der Waals surface area contributed by atoms with Gasteiger partial charge in [0, 0.05) is 17.5 Å². The molecule has 18 heavy (non-hydrogen) atoms. The van der Waals surface area contributed by atoms with E-state index in [1.54, 1.807) is 0 Å². The third-order valence-electron chi connectivity index (χ3n) is 4.00. The first-order chi connectivity index (χ1) is 8.83. The molecule has 2 N–H and O–H groups in total. The quantitative estimate of drug-likeness (QED) is 0.892. The Kier molecular flexibility index (Phi) is 3.52. The van der Waals surface area contributed by atoms with Crippen LogP contribution in [0.4, 0.5) is 0 Å². The van der Waals surface area contributed by atoms with E-state index in [4.69, 9.17) is 15.2 Å². The molecule has 1 saturated carbocycles.